The number of carbonyl (C=O) groups is 1. The van der Waals surface area contributed by atoms with Crippen LogP contribution in [0.15, 0.2) is 33.5 Å². The molecule has 17 heavy (non-hydrogen) atoms. The van der Waals surface area contributed by atoms with Crippen molar-refractivity contribution in [2.75, 3.05) is 0 Å². The SMILES string of the molecule is CCCc1c(C(N)=O)oc2ccccc2c1=O. The molecule has 0 aliphatic carbocycles. The molecule has 4 nitrogen and oxygen atoms in total. The van der Waals surface area contributed by atoms with Crippen LogP contribution in [-0.4, -0.2) is 5.91 Å². The van der Waals surface area contributed by atoms with Crippen molar-refractivity contribution in [2.24, 2.45) is 5.73 Å². The lowest BCUT2D eigenvalue weighted by Crippen LogP contribution is -2.20. The van der Waals surface area contributed by atoms with Gasteiger partial charge in [-0.05, 0) is 18.6 Å². The first-order chi connectivity index (χ1) is 8.15. The molecular weight excluding hydrogens is 218 g/mol. The molecule has 0 fully saturated rings. The van der Waals surface area contributed by atoms with Crippen LogP contribution in [0, 0.1) is 0 Å². The van der Waals surface area contributed by atoms with Crippen LogP contribution in [0.1, 0.15) is 29.5 Å². The summed E-state index contributed by atoms with van der Waals surface area (Å²) < 4.78 is 5.41. The van der Waals surface area contributed by atoms with Crippen LogP contribution in [0.5, 0.6) is 0 Å². The summed E-state index contributed by atoms with van der Waals surface area (Å²) in [6.45, 7) is 1.93. The first kappa shape index (κ1) is 11.4. The molecule has 0 bridgehead atoms. The Bertz CT molecular complexity index is 628. The van der Waals surface area contributed by atoms with E-state index in [2.05, 4.69) is 0 Å². The van der Waals surface area contributed by atoms with E-state index in [0.717, 1.165) is 6.42 Å². The van der Waals surface area contributed by atoms with Gasteiger partial charge in [0.1, 0.15) is 5.58 Å². The van der Waals surface area contributed by atoms with Gasteiger partial charge in [0.25, 0.3) is 5.91 Å². The predicted octanol–water partition coefficient (Wildman–Crippen LogP) is 1.84. The fourth-order valence-electron chi connectivity index (χ4n) is 1.86. The van der Waals surface area contributed by atoms with E-state index in [1.807, 2.05) is 6.92 Å². The minimum Gasteiger partial charge on any atom is -0.450 e. The molecule has 1 amide bonds. The largest absolute Gasteiger partial charge is 0.450 e. The highest BCUT2D eigenvalue weighted by Gasteiger charge is 2.17. The van der Waals surface area contributed by atoms with Crippen LogP contribution in [0.4, 0.5) is 0 Å². The maximum atomic E-state index is 12.2. The molecule has 0 aliphatic heterocycles. The van der Waals surface area contributed by atoms with Crippen LogP contribution < -0.4 is 11.2 Å². The Morgan fingerprint density at radius 3 is 2.71 bits per heavy atom. The number of amides is 1. The molecule has 0 aliphatic rings. The summed E-state index contributed by atoms with van der Waals surface area (Å²) >= 11 is 0. The number of hydrogen-bond acceptors (Lipinski definition) is 3. The van der Waals surface area contributed by atoms with Gasteiger partial charge in [-0.1, -0.05) is 25.5 Å². The molecule has 0 saturated carbocycles. The molecular formula is C13H13NO3. The van der Waals surface area contributed by atoms with Gasteiger partial charge >= 0.3 is 0 Å². The average molecular weight is 231 g/mol. The van der Waals surface area contributed by atoms with E-state index in [4.69, 9.17) is 10.2 Å². The highest BCUT2D eigenvalue weighted by Crippen LogP contribution is 2.16. The summed E-state index contributed by atoms with van der Waals surface area (Å²) in [5.74, 6) is -0.716. The van der Waals surface area contributed by atoms with Crippen molar-refractivity contribution >= 4 is 16.9 Å². The van der Waals surface area contributed by atoms with Gasteiger partial charge in [0.2, 0.25) is 0 Å². The van der Waals surface area contributed by atoms with E-state index in [9.17, 15) is 9.59 Å². The minimum atomic E-state index is -0.698. The van der Waals surface area contributed by atoms with E-state index in [-0.39, 0.29) is 11.2 Å². The molecule has 0 spiro atoms. The van der Waals surface area contributed by atoms with Crippen molar-refractivity contribution in [1.82, 2.24) is 0 Å². The summed E-state index contributed by atoms with van der Waals surface area (Å²) in [5.41, 5.74) is 5.84. The van der Waals surface area contributed by atoms with Crippen LogP contribution in [0.2, 0.25) is 0 Å². The average Bonchev–Trinajstić information content (AvgIpc) is 2.32. The Hall–Kier alpha value is -2.10. The Labute approximate surface area is 98.0 Å². The molecule has 1 aromatic heterocycles. The van der Waals surface area contributed by atoms with E-state index >= 15 is 0 Å². The summed E-state index contributed by atoms with van der Waals surface area (Å²) in [6.07, 6.45) is 1.24. The van der Waals surface area contributed by atoms with Gasteiger partial charge in [0.15, 0.2) is 11.2 Å². The molecule has 0 atom stereocenters. The van der Waals surface area contributed by atoms with Gasteiger partial charge in [-0.15, -0.1) is 0 Å². The zero-order chi connectivity index (χ0) is 12.4. The summed E-state index contributed by atoms with van der Waals surface area (Å²) in [7, 11) is 0. The van der Waals surface area contributed by atoms with Crippen molar-refractivity contribution in [3.63, 3.8) is 0 Å². The molecule has 4 heteroatoms. The minimum absolute atomic E-state index is 0.0180. The summed E-state index contributed by atoms with van der Waals surface area (Å²) in [6, 6.07) is 6.85. The van der Waals surface area contributed by atoms with Crippen molar-refractivity contribution in [1.29, 1.82) is 0 Å². The number of para-hydroxylation sites is 1. The van der Waals surface area contributed by atoms with Gasteiger partial charge in [-0.25, -0.2) is 0 Å². The van der Waals surface area contributed by atoms with E-state index in [1.54, 1.807) is 24.3 Å². The third kappa shape index (κ3) is 1.93. The predicted molar refractivity (Wildman–Crippen MR) is 65.0 cm³/mol. The molecule has 2 N–H and O–H groups in total. The first-order valence-electron chi connectivity index (χ1n) is 5.49. The standard InChI is InChI=1S/C13H13NO3/c1-2-5-9-11(15)8-6-3-4-7-10(8)17-12(9)13(14)16/h3-4,6-7H,2,5H2,1H3,(H2,14,16). The lowest BCUT2D eigenvalue weighted by Gasteiger charge is -2.05. The number of fused-ring (bicyclic) bond motifs is 1. The molecule has 2 aromatic rings. The second kappa shape index (κ2) is 4.41. The molecule has 2 rings (SSSR count). The van der Waals surface area contributed by atoms with Crippen molar-refractivity contribution < 1.29 is 9.21 Å². The molecule has 1 aromatic carbocycles. The zero-order valence-corrected chi connectivity index (χ0v) is 9.53. The Balaban J connectivity index is 2.84. The molecule has 88 valence electrons. The lowest BCUT2D eigenvalue weighted by molar-refractivity contribution is 0.0973. The summed E-state index contributed by atoms with van der Waals surface area (Å²) in [4.78, 5) is 23.5. The monoisotopic (exact) mass is 231 g/mol. The summed E-state index contributed by atoms with van der Waals surface area (Å²) in [5, 5.41) is 0.487. The van der Waals surface area contributed by atoms with Gasteiger partial charge in [-0.3, -0.25) is 9.59 Å². The maximum absolute atomic E-state index is 12.2. The maximum Gasteiger partial charge on any atom is 0.284 e. The Morgan fingerprint density at radius 2 is 2.06 bits per heavy atom. The fraction of sp³-hybridized carbons (Fsp3) is 0.231. The second-order valence-corrected chi connectivity index (χ2v) is 3.85. The molecule has 0 radical (unpaired) electrons. The lowest BCUT2D eigenvalue weighted by atomic mass is 10.1. The quantitative estimate of drug-likeness (QED) is 0.875. The number of primary amides is 1. The van der Waals surface area contributed by atoms with E-state index in [1.165, 1.54) is 0 Å². The smallest absolute Gasteiger partial charge is 0.284 e. The van der Waals surface area contributed by atoms with E-state index in [0.29, 0.717) is 23.0 Å². The van der Waals surface area contributed by atoms with Gasteiger partial charge < -0.3 is 10.2 Å². The second-order valence-electron chi connectivity index (χ2n) is 3.85. The third-order valence-corrected chi connectivity index (χ3v) is 2.62. The highest BCUT2D eigenvalue weighted by molar-refractivity contribution is 5.93. The Kier molecular flexibility index (Phi) is 2.95. The molecule has 0 saturated heterocycles. The number of rotatable bonds is 3. The first-order valence-corrected chi connectivity index (χ1v) is 5.49. The van der Waals surface area contributed by atoms with Gasteiger partial charge in [0.05, 0.1) is 5.39 Å². The number of benzene rings is 1. The van der Waals surface area contributed by atoms with E-state index < -0.39 is 5.91 Å². The zero-order valence-electron chi connectivity index (χ0n) is 9.53. The van der Waals surface area contributed by atoms with Crippen LogP contribution >= 0.6 is 0 Å². The Morgan fingerprint density at radius 1 is 1.35 bits per heavy atom. The van der Waals surface area contributed by atoms with Crippen LogP contribution in [0.25, 0.3) is 11.0 Å². The molecule has 1 heterocycles. The van der Waals surface area contributed by atoms with Crippen LogP contribution in [-0.2, 0) is 6.42 Å². The highest BCUT2D eigenvalue weighted by atomic mass is 16.3. The van der Waals surface area contributed by atoms with Crippen molar-refractivity contribution in [2.45, 2.75) is 19.8 Å². The number of carbonyl (C=O) groups excluding carboxylic acids is 1. The topological polar surface area (TPSA) is 73.3 Å². The molecule has 0 unspecified atom stereocenters. The number of hydrogen-bond donors (Lipinski definition) is 1. The van der Waals surface area contributed by atoms with Crippen molar-refractivity contribution in [3.05, 3.63) is 45.8 Å². The number of nitrogens with two attached hydrogens (primary N) is 1. The third-order valence-electron chi connectivity index (χ3n) is 2.62. The normalized spacial score (nSPS) is 10.6. The van der Waals surface area contributed by atoms with Crippen molar-refractivity contribution in [3.8, 4) is 0 Å². The van der Waals surface area contributed by atoms with Gasteiger partial charge in [-0.2, -0.15) is 0 Å². The van der Waals surface area contributed by atoms with Gasteiger partial charge in [0, 0.05) is 5.56 Å². The van der Waals surface area contributed by atoms with Crippen LogP contribution in [0.3, 0.4) is 0 Å². The fourth-order valence-corrected chi connectivity index (χ4v) is 1.86.